The number of aryl methyl sites for hydroxylation is 1. The Kier molecular flexibility index (Phi) is 5.04. The molecule has 1 aliphatic rings. The van der Waals surface area contributed by atoms with E-state index in [9.17, 15) is 13.6 Å². The van der Waals surface area contributed by atoms with Crippen LogP contribution in [0.15, 0.2) is 36.2 Å². The number of halogens is 3. The van der Waals surface area contributed by atoms with E-state index in [1.165, 1.54) is 16.9 Å². The number of hydrogen-bond donors (Lipinski definition) is 0. The molecule has 0 aliphatic heterocycles. The van der Waals surface area contributed by atoms with Crippen LogP contribution in [-0.4, -0.2) is 43.5 Å². The minimum Gasteiger partial charge on any atom is -0.338 e. The van der Waals surface area contributed by atoms with E-state index in [-0.39, 0.29) is 23.4 Å². The van der Waals surface area contributed by atoms with E-state index in [0.29, 0.717) is 29.1 Å². The van der Waals surface area contributed by atoms with Gasteiger partial charge in [0.05, 0.1) is 5.69 Å². The summed E-state index contributed by atoms with van der Waals surface area (Å²) in [5.74, 6) is 0.0348. The average molecular weight is 418 g/mol. The molecular weight excluding hydrogens is 400 g/mol. The molecule has 3 aromatic rings. The minimum atomic E-state index is -2.69. The van der Waals surface area contributed by atoms with Crippen LogP contribution >= 0.6 is 11.6 Å². The maximum absolute atomic E-state index is 13.1. The molecule has 1 aromatic carbocycles. The van der Waals surface area contributed by atoms with Gasteiger partial charge in [-0.15, -0.1) is 0 Å². The molecule has 0 radical (unpaired) electrons. The number of rotatable bonds is 4. The van der Waals surface area contributed by atoms with Gasteiger partial charge in [-0.05, 0) is 49.6 Å². The molecule has 0 spiro atoms. The van der Waals surface area contributed by atoms with E-state index in [0.717, 1.165) is 11.1 Å². The lowest BCUT2D eigenvalue weighted by molar-refractivity contribution is 0.0699. The maximum Gasteiger partial charge on any atom is 0.280 e. The largest absolute Gasteiger partial charge is 0.338 e. The molecule has 1 fully saturated rings. The quantitative estimate of drug-likeness (QED) is 0.633. The second-order valence-corrected chi connectivity index (χ2v) is 7.53. The molecule has 1 saturated carbocycles. The number of benzene rings is 1. The van der Waals surface area contributed by atoms with Gasteiger partial charge in [0.1, 0.15) is 12.0 Å². The highest BCUT2D eigenvalue weighted by molar-refractivity contribution is 6.31. The first kappa shape index (κ1) is 19.4. The molecule has 1 amide bonds. The lowest BCUT2D eigenvalue weighted by Crippen LogP contribution is -2.42. The Bertz CT molecular complexity index is 1120. The van der Waals surface area contributed by atoms with Crippen LogP contribution in [0.1, 0.15) is 46.6 Å². The Morgan fingerprint density at radius 1 is 1.34 bits per heavy atom. The SMILES string of the molecule is Cc1ccc(C(=O)N(C)C2CC(=Cc3cc(C(F)F)nc4ncnn34)C2)cc1Cl. The maximum atomic E-state index is 13.1. The van der Waals surface area contributed by atoms with Gasteiger partial charge in [0.25, 0.3) is 18.1 Å². The van der Waals surface area contributed by atoms with E-state index >= 15 is 0 Å². The molecule has 2 aromatic heterocycles. The van der Waals surface area contributed by atoms with Crippen LogP contribution in [0.4, 0.5) is 8.78 Å². The van der Waals surface area contributed by atoms with Crippen LogP contribution in [0, 0.1) is 6.92 Å². The van der Waals surface area contributed by atoms with Crippen LogP contribution in [0.5, 0.6) is 0 Å². The summed E-state index contributed by atoms with van der Waals surface area (Å²) in [5, 5.41) is 4.60. The van der Waals surface area contributed by atoms with Crippen molar-refractivity contribution in [1.82, 2.24) is 24.5 Å². The Labute approximate surface area is 170 Å². The summed E-state index contributed by atoms with van der Waals surface area (Å²) in [6, 6.07) is 6.62. The fraction of sp³-hybridized carbons (Fsp3) is 0.300. The predicted octanol–water partition coefficient (Wildman–Crippen LogP) is 4.34. The van der Waals surface area contributed by atoms with Crippen molar-refractivity contribution in [2.24, 2.45) is 0 Å². The van der Waals surface area contributed by atoms with Crippen molar-refractivity contribution in [2.75, 3.05) is 7.05 Å². The summed E-state index contributed by atoms with van der Waals surface area (Å²) in [4.78, 5) is 22.1. The number of carbonyl (C=O) groups excluding carboxylic acids is 1. The fourth-order valence-corrected chi connectivity index (χ4v) is 3.49. The number of fused-ring (bicyclic) bond motifs is 1. The van der Waals surface area contributed by atoms with Crippen molar-refractivity contribution in [3.63, 3.8) is 0 Å². The number of aromatic nitrogens is 4. The first-order chi connectivity index (χ1) is 13.8. The van der Waals surface area contributed by atoms with Crippen LogP contribution in [0.3, 0.4) is 0 Å². The van der Waals surface area contributed by atoms with Crippen molar-refractivity contribution in [3.8, 4) is 0 Å². The van der Waals surface area contributed by atoms with Gasteiger partial charge in [0.2, 0.25) is 0 Å². The van der Waals surface area contributed by atoms with Crippen LogP contribution in [0.25, 0.3) is 11.9 Å². The smallest absolute Gasteiger partial charge is 0.280 e. The topological polar surface area (TPSA) is 63.4 Å². The highest BCUT2D eigenvalue weighted by Gasteiger charge is 2.30. The number of nitrogens with zero attached hydrogens (tertiary/aromatic N) is 5. The number of amides is 1. The zero-order valence-electron chi connectivity index (χ0n) is 15.8. The summed E-state index contributed by atoms with van der Waals surface area (Å²) in [6.07, 6.45) is 1.72. The Balaban J connectivity index is 1.50. The van der Waals surface area contributed by atoms with E-state index in [1.807, 2.05) is 19.1 Å². The molecule has 29 heavy (non-hydrogen) atoms. The van der Waals surface area contributed by atoms with E-state index in [4.69, 9.17) is 11.6 Å². The third kappa shape index (κ3) is 3.72. The molecule has 1 aliphatic carbocycles. The van der Waals surface area contributed by atoms with Gasteiger partial charge >= 0.3 is 0 Å². The Morgan fingerprint density at radius 3 is 2.79 bits per heavy atom. The minimum absolute atomic E-state index is 0.0384. The normalized spacial score (nSPS) is 16.2. The van der Waals surface area contributed by atoms with Gasteiger partial charge in [-0.2, -0.15) is 14.6 Å². The van der Waals surface area contributed by atoms with Gasteiger partial charge in [0.15, 0.2) is 0 Å². The summed E-state index contributed by atoms with van der Waals surface area (Å²) in [7, 11) is 1.76. The van der Waals surface area contributed by atoms with Crippen molar-refractivity contribution < 1.29 is 13.6 Å². The molecule has 0 saturated heterocycles. The van der Waals surface area contributed by atoms with Crippen molar-refractivity contribution in [2.45, 2.75) is 32.2 Å². The zero-order valence-corrected chi connectivity index (χ0v) is 16.6. The molecular formula is C20H18ClF2N5O. The van der Waals surface area contributed by atoms with Crippen molar-refractivity contribution in [3.05, 3.63) is 63.7 Å². The molecule has 6 nitrogen and oxygen atoms in total. The number of hydrogen-bond acceptors (Lipinski definition) is 4. The highest BCUT2D eigenvalue weighted by Crippen LogP contribution is 2.33. The molecule has 0 unspecified atom stereocenters. The van der Waals surface area contributed by atoms with Gasteiger partial charge in [0, 0.05) is 23.7 Å². The molecule has 0 atom stereocenters. The van der Waals surface area contributed by atoms with E-state index < -0.39 is 6.43 Å². The van der Waals surface area contributed by atoms with E-state index in [2.05, 4.69) is 15.1 Å². The summed E-state index contributed by atoms with van der Waals surface area (Å²) in [5.41, 5.74) is 2.66. The molecule has 9 heteroatoms. The highest BCUT2D eigenvalue weighted by atomic mass is 35.5. The third-order valence-corrected chi connectivity index (χ3v) is 5.56. The molecule has 2 heterocycles. The summed E-state index contributed by atoms with van der Waals surface area (Å²) < 4.78 is 27.6. The fourth-order valence-electron chi connectivity index (χ4n) is 3.31. The van der Waals surface area contributed by atoms with Gasteiger partial charge in [-0.3, -0.25) is 4.79 Å². The van der Waals surface area contributed by atoms with Gasteiger partial charge in [-0.1, -0.05) is 23.2 Å². The molecule has 0 bridgehead atoms. The first-order valence-corrected chi connectivity index (χ1v) is 9.43. The van der Waals surface area contributed by atoms with Gasteiger partial charge in [-0.25, -0.2) is 13.8 Å². The molecule has 0 N–H and O–H groups in total. The standard InChI is InChI=1S/C20H18ClF2N5O/c1-11-3-4-13(8-16(11)21)19(29)27(2)14-5-12(6-14)7-15-9-17(18(22)23)26-20-24-10-25-28(15)20/h3-4,7-10,14,18H,5-6H2,1-2H3. The van der Waals surface area contributed by atoms with Gasteiger partial charge < -0.3 is 4.90 Å². The lowest BCUT2D eigenvalue weighted by Gasteiger charge is -2.37. The molecule has 150 valence electrons. The average Bonchev–Trinajstić information content (AvgIpc) is 3.14. The van der Waals surface area contributed by atoms with Crippen LogP contribution < -0.4 is 0 Å². The third-order valence-electron chi connectivity index (χ3n) is 5.16. The monoisotopic (exact) mass is 417 g/mol. The van der Waals surface area contributed by atoms with Crippen molar-refractivity contribution in [1.29, 1.82) is 0 Å². The zero-order chi connectivity index (χ0) is 20.7. The number of alkyl halides is 2. The summed E-state index contributed by atoms with van der Waals surface area (Å²) >= 11 is 6.13. The summed E-state index contributed by atoms with van der Waals surface area (Å²) in [6.45, 7) is 1.88. The Morgan fingerprint density at radius 2 is 2.10 bits per heavy atom. The number of carbonyl (C=O) groups is 1. The first-order valence-electron chi connectivity index (χ1n) is 9.05. The lowest BCUT2D eigenvalue weighted by atomic mass is 9.84. The van der Waals surface area contributed by atoms with E-state index in [1.54, 1.807) is 24.1 Å². The van der Waals surface area contributed by atoms with Crippen molar-refractivity contribution >= 4 is 29.4 Å². The predicted molar refractivity (Wildman–Crippen MR) is 105 cm³/mol. The second kappa shape index (κ2) is 7.51. The molecule has 4 rings (SSSR count). The van der Waals surface area contributed by atoms with Crippen LogP contribution in [-0.2, 0) is 0 Å². The second-order valence-electron chi connectivity index (χ2n) is 7.12. The van der Waals surface area contributed by atoms with Crippen LogP contribution in [0.2, 0.25) is 5.02 Å². The Hall–Kier alpha value is -2.87.